The topological polar surface area (TPSA) is 87.7 Å². The Hall–Kier alpha value is -4.01. The standard InChI is InChI=1S/C25H18ClN3O4S/c26-20-8-4-5-9-21(20)27-22(30)15-33-18-12-10-16(11-13-18)14-19-23(31)28-25(34)29(24(19)32)17-6-2-1-3-7-17/h1-14H,15H2,(H,27,30)(H,28,31,34)/b19-14-. The maximum absolute atomic E-state index is 13.0. The third-order valence-electron chi connectivity index (χ3n) is 4.83. The molecule has 7 nitrogen and oxygen atoms in total. The summed E-state index contributed by atoms with van der Waals surface area (Å²) in [6.45, 7) is -0.212. The largest absolute Gasteiger partial charge is 0.484 e. The summed E-state index contributed by atoms with van der Waals surface area (Å²) in [6.07, 6.45) is 1.48. The third kappa shape index (κ3) is 5.31. The van der Waals surface area contributed by atoms with Crippen LogP contribution in [0.25, 0.3) is 6.08 Å². The van der Waals surface area contributed by atoms with Gasteiger partial charge in [0.25, 0.3) is 17.7 Å². The first-order valence-corrected chi connectivity index (χ1v) is 10.9. The molecule has 0 saturated carbocycles. The van der Waals surface area contributed by atoms with Crippen molar-refractivity contribution in [1.29, 1.82) is 0 Å². The number of ether oxygens (including phenoxy) is 1. The zero-order valence-corrected chi connectivity index (χ0v) is 19.2. The van der Waals surface area contributed by atoms with Crippen LogP contribution in [0.4, 0.5) is 11.4 Å². The summed E-state index contributed by atoms with van der Waals surface area (Å²) < 4.78 is 5.51. The number of benzene rings is 3. The molecule has 1 heterocycles. The van der Waals surface area contributed by atoms with Crippen LogP contribution >= 0.6 is 23.8 Å². The van der Waals surface area contributed by atoms with Gasteiger partial charge in [-0.25, -0.2) is 0 Å². The maximum Gasteiger partial charge on any atom is 0.270 e. The summed E-state index contributed by atoms with van der Waals surface area (Å²) in [5.41, 5.74) is 1.61. The molecule has 2 N–H and O–H groups in total. The Morgan fingerprint density at radius 1 is 1.00 bits per heavy atom. The molecule has 0 atom stereocenters. The van der Waals surface area contributed by atoms with E-state index in [4.69, 9.17) is 28.6 Å². The fourth-order valence-electron chi connectivity index (χ4n) is 3.19. The first-order chi connectivity index (χ1) is 16.4. The molecule has 3 aromatic rings. The van der Waals surface area contributed by atoms with Crippen molar-refractivity contribution in [3.8, 4) is 5.75 Å². The van der Waals surface area contributed by atoms with Crippen LogP contribution in [0.15, 0.2) is 84.4 Å². The Morgan fingerprint density at radius 3 is 2.38 bits per heavy atom. The number of thiocarbonyl (C=S) groups is 1. The monoisotopic (exact) mass is 491 g/mol. The first kappa shape index (κ1) is 23.2. The molecule has 1 saturated heterocycles. The Bertz CT molecular complexity index is 1290. The minimum atomic E-state index is -0.571. The highest BCUT2D eigenvalue weighted by molar-refractivity contribution is 7.80. The lowest BCUT2D eigenvalue weighted by Gasteiger charge is -2.28. The van der Waals surface area contributed by atoms with E-state index in [1.807, 2.05) is 6.07 Å². The number of nitrogens with zero attached hydrogens (tertiary/aromatic N) is 1. The molecule has 3 amide bonds. The molecule has 0 spiro atoms. The van der Waals surface area contributed by atoms with Gasteiger partial charge in [0.2, 0.25) is 0 Å². The van der Waals surface area contributed by atoms with Crippen LogP contribution in [0.2, 0.25) is 5.02 Å². The van der Waals surface area contributed by atoms with Crippen molar-refractivity contribution in [3.63, 3.8) is 0 Å². The van der Waals surface area contributed by atoms with Crippen LogP contribution < -0.4 is 20.3 Å². The van der Waals surface area contributed by atoms with Crippen LogP contribution in [0.1, 0.15) is 5.56 Å². The second kappa shape index (κ2) is 10.3. The molecule has 0 radical (unpaired) electrons. The molecule has 0 unspecified atom stereocenters. The molecular formula is C25H18ClN3O4S. The lowest BCUT2D eigenvalue weighted by Crippen LogP contribution is -2.54. The number of hydrogen-bond acceptors (Lipinski definition) is 5. The molecule has 4 rings (SSSR count). The van der Waals surface area contributed by atoms with Gasteiger partial charge in [-0.2, -0.15) is 0 Å². The van der Waals surface area contributed by atoms with E-state index in [1.54, 1.807) is 72.8 Å². The predicted molar refractivity (Wildman–Crippen MR) is 135 cm³/mol. The van der Waals surface area contributed by atoms with Gasteiger partial charge in [0, 0.05) is 0 Å². The van der Waals surface area contributed by atoms with Gasteiger partial charge < -0.3 is 10.1 Å². The molecule has 0 aromatic heterocycles. The van der Waals surface area contributed by atoms with Gasteiger partial charge in [0.15, 0.2) is 11.7 Å². The van der Waals surface area contributed by atoms with E-state index in [0.29, 0.717) is 27.7 Å². The van der Waals surface area contributed by atoms with Crippen molar-refractivity contribution in [2.24, 2.45) is 0 Å². The molecule has 9 heteroatoms. The fourth-order valence-corrected chi connectivity index (χ4v) is 3.66. The van der Waals surface area contributed by atoms with Gasteiger partial charge in [-0.1, -0.05) is 54.1 Å². The highest BCUT2D eigenvalue weighted by Crippen LogP contribution is 2.23. The Labute approximate surface area is 206 Å². The first-order valence-electron chi connectivity index (χ1n) is 10.2. The maximum atomic E-state index is 13.0. The van der Waals surface area contributed by atoms with Gasteiger partial charge in [-0.3, -0.25) is 24.6 Å². The highest BCUT2D eigenvalue weighted by Gasteiger charge is 2.34. The van der Waals surface area contributed by atoms with Gasteiger partial charge in [0.1, 0.15) is 11.3 Å². The third-order valence-corrected chi connectivity index (χ3v) is 5.44. The van der Waals surface area contributed by atoms with E-state index in [9.17, 15) is 14.4 Å². The second-order valence-electron chi connectivity index (χ2n) is 7.18. The van der Waals surface area contributed by atoms with Crippen molar-refractivity contribution < 1.29 is 19.1 Å². The summed E-state index contributed by atoms with van der Waals surface area (Å²) in [4.78, 5) is 38.8. The van der Waals surface area contributed by atoms with Crippen molar-refractivity contribution in [2.75, 3.05) is 16.8 Å². The second-order valence-corrected chi connectivity index (χ2v) is 7.97. The van der Waals surface area contributed by atoms with Crippen LogP contribution in [0, 0.1) is 0 Å². The Kier molecular flexibility index (Phi) is 7.01. The molecule has 1 fully saturated rings. The average Bonchev–Trinajstić information content (AvgIpc) is 2.83. The van der Waals surface area contributed by atoms with Crippen LogP contribution in [-0.2, 0) is 14.4 Å². The SMILES string of the molecule is O=C(COc1ccc(/C=C2/C(=O)NC(=S)N(c3ccccc3)C2=O)cc1)Nc1ccccc1Cl. The molecule has 1 aliphatic rings. The van der Waals surface area contributed by atoms with E-state index >= 15 is 0 Å². The molecule has 3 aromatic carbocycles. The molecule has 1 aliphatic heterocycles. The highest BCUT2D eigenvalue weighted by atomic mass is 35.5. The average molecular weight is 492 g/mol. The Balaban J connectivity index is 1.43. The quantitative estimate of drug-likeness (QED) is 0.307. The molecular weight excluding hydrogens is 474 g/mol. The Morgan fingerprint density at radius 2 is 1.68 bits per heavy atom. The fraction of sp³-hybridized carbons (Fsp3) is 0.0400. The lowest BCUT2D eigenvalue weighted by molar-refractivity contribution is -0.122. The van der Waals surface area contributed by atoms with E-state index in [1.165, 1.54) is 11.0 Å². The molecule has 34 heavy (non-hydrogen) atoms. The summed E-state index contributed by atoms with van der Waals surface area (Å²) in [6, 6.07) is 22.4. The van der Waals surface area contributed by atoms with Crippen LogP contribution in [0.5, 0.6) is 5.75 Å². The zero-order chi connectivity index (χ0) is 24.1. The number of carbonyl (C=O) groups excluding carboxylic acids is 3. The summed E-state index contributed by atoms with van der Waals surface area (Å²) in [7, 11) is 0. The number of nitrogens with one attached hydrogen (secondary N) is 2. The van der Waals surface area contributed by atoms with Crippen LogP contribution in [-0.4, -0.2) is 29.4 Å². The van der Waals surface area contributed by atoms with Crippen molar-refractivity contribution in [2.45, 2.75) is 0 Å². The van der Waals surface area contributed by atoms with Crippen molar-refractivity contribution in [3.05, 3.63) is 95.0 Å². The molecule has 0 bridgehead atoms. The van der Waals surface area contributed by atoms with Gasteiger partial charge in [-0.15, -0.1) is 0 Å². The smallest absolute Gasteiger partial charge is 0.270 e. The summed E-state index contributed by atoms with van der Waals surface area (Å²) in [5.74, 6) is -1.00. The number of para-hydroxylation sites is 2. The minimum Gasteiger partial charge on any atom is -0.484 e. The normalized spacial score (nSPS) is 14.7. The van der Waals surface area contributed by atoms with E-state index in [-0.39, 0.29) is 23.2 Å². The zero-order valence-electron chi connectivity index (χ0n) is 17.7. The predicted octanol–water partition coefficient (Wildman–Crippen LogP) is 4.19. The number of amides is 3. The minimum absolute atomic E-state index is 0.0252. The van der Waals surface area contributed by atoms with E-state index < -0.39 is 11.8 Å². The van der Waals surface area contributed by atoms with E-state index in [2.05, 4.69) is 10.6 Å². The number of carbonyl (C=O) groups is 3. The molecule has 0 aliphatic carbocycles. The summed E-state index contributed by atoms with van der Waals surface area (Å²) in [5, 5.41) is 5.68. The van der Waals surface area contributed by atoms with Crippen LogP contribution in [0.3, 0.4) is 0 Å². The summed E-state index contributed by atoms with van der Waals surface area (Å²) >= 11 is 11.2. The van der Waals surface area contributed by atoms with Gasteiger partial charge >= 0.3 is 0 Å². The van der Waals surface area contributed by atoms with E-state index in [0.717, 1.165) is 0 Å². The van der Waals surface area contributed by atoms with Crippen molar-refractivity contribution >= 4 is 64.1 Å². The van der Waals surface area contributed by atoms with Gasteiger partial charge in [0.05, 0.1) is 16.4 Å². The number of anilines is 2. The number of halogens is 1. The van der Waals surface area contributed by atoms with Crippen molar-refractivity contribution in [1.82, 2.24) is 5.32 Å². The number of hydrogen-bond donors (Lipinski definition) is 2. The lowest BCUT2D eigenvalue weighted by atomic mass is 10.1. The van der Waals surface area contributed by atoms with Gasteiger partial charge in [-0.05, 0) is 60.3 Å². The molecule has 170 valence electrons. The number of rotatable bonds is 6.